The van der Waals surface area contributed by atoms with Gasteiger partial charge in [0.15, 0.2) is 35.0 Å². The van der Waals surface area contributed by atoms with Crippen LogP contribution in [-0.4, -0.2) is 63.0 Å². The summed E-state index contributed by atoms with van der Waals surface area (Å²) < 4.78 is 35.1. The summed E-state index contributed by atoms with van der Waals surface area (Å²) in [5.41, 5.74) is 4.30. The number of carbonyl (C=O) groups excluding carboxylic acids is 2. The van der Waals surface area contributed by atoms with Crippen molar-refractivity contribution in [1.82, 2.24) is 19.5 Å². The van der Waals surface area contributed by atoms with E-state index in [0.29, 0.717) is 23.7 Å². The molecule has 1 aliphatic heterocycles. The Kier molecular flexibility index (Phi) is 8.15. The molecule has 0 aromatic carbocycles. The van der Waals surface area contributed by atoms with Gasteiger partial charge in [0.2, 0.25) is 5.95 Å². The number of nitrogen functional groups attached to an aromatic ring is 1. The number of anilines is 2. The van der Waals surface area contributed by atoms with Gasteiger partial charge in [0, 0.05) is 19.9 Å². The van der Waals surface area contributed by atoms with Gasteiger partial charge in [-0.25, -0.2) is 9.37 Å². The maximum Gasteiger partial charge on any atom is 0.306 e. The molecule has 4 atom stereocenters. The van der Waals surface area contributed by atoms with Crippen LogP contribution in [0.4, 0.5) is 16.2 Å². The van der Waals surface area contributed by atoms with Crippen LogP contribution in [0.5, 0.6) is 0 Å². The van der Waals surface area contributed by atoms with Crippen molar-refractivity contribution in [3.8, 4) is 0 Å². The molecule has 2 aromatic rings. The molecule has 204 valence electrons. The molecule has 4 rings (SSSR count). The summed E-state index contributed by atoms with van der Waals surface area (Å²) in [7, 11) is 1.66. The molecule has 0 spiro atoms. The summed E-state index contributed by atoms with van der Waals surface area (Å²) >= 11 is 0. The topological polar surface area (TPSA) is 143 Å². The van der Waals surface area contributed by atoms with E-state index in [0.717, 1.165) is 25.7 Å². The molecule has 0 unspecified atom stereocenters. The van der Waals surface area contributed by atoms with Gasteiger partial charge in [-0.2, -0.15) is 9.97 Å². The Morgan fingerprint density at radius 1 is 1.27 bits per heavy atom. The van der Waals surface area contributed by atoms with Crippen molar-refractivity contribution in [3.05, 3.63) is 6.33 Å². The summed E-state index contributed by atoms with van der Waals surface area (Å²) in [6.45, 7) is 4.79. The Hall–Kier alpha value is -3.02. The fraction of sp³-hybridized carbons (Fsp3) is 0.720. The van der Waals surface area contributed by atoms with Gasteiger partial charge in [-0.3, -0.25) is 14.2 Å². The molecule has 2 fully saturated rings. The fourth-order valence-corrected chi connectivity index (χ4v) is 5.19. The number of esters is 2. The van der Waals surface area contributed by atoms with Crippen molar-refractivity contribution < 1.29 is 28.2 Å². The minimum atomic E-state index is -2.19. The van der Waals surface area contributed by atoms with E-state index < -0.39 is 30.1 Å². The van der Waals surface area contributed by atoms with E-state index in [4.69, 9.17) is 19.9 Å². The van der Waals surface area contributed by atoms with Crippen LogP contribution in [0.3, 0.4) is 0 Å². The third kappa shape index (κ3) is 5.94. The highest BCUT2D eigenvalue weighted by Crippen LogP contribution is 2.44. The minimum absolute atomic E-state index is 0.0229. The first kappa shape index (κ1) is 27.0. The lowest BCUT2D eigenvalue weighted by Gasteiger charge is -2.28. The Balaban J connectivity index is 1.57. The zero-order valence-electron chi connectivity index (χ0n) is 21.9. The standard InChI is InChI=1S/C25H37FN6O5/c1-14(2)10-18(34)37-20-16(12-35-17(33)11-15-8-6-5-7-9-15)36-23(25(20,3)26)32-13-29-19-21(28-4)30-24(27)31-22(19)32/h13-16,20,23H,5-12H2,1-4H3,(H3,27,28,30,31)/t16-,20-,23-,25-/m1/s1. The average Bonchev–Trinajstić information content (AvgIpc) is 3.35. The van der Waals surface area contributed by atoms with E-state index in [-0.39, 0.29) is 36.5 Å². The summed E-state index contributed by atoms with van der Waals surface area (Å²) in [5.74, 6) is -0.225. The van der Waals surface area contributed by atoms with Crippen molar-refractivity contribution in [2.45, 2.75) is 89.8 Å². The second-order valence-corrected chi connectivity index (χ2v) is 10.6. The van der Waals surface area contributed by atoms with Gasteiger partial charge in [0.25, 0.3) is 0 Å². The SMILES string of the molecule is CNc1nc(N)nc2c1ncn2[C@@H]1O[C@H](COC(=O)CC2CCCCC2)[C@@H](OC(=O)CC(C)C)[C@@]1(C)F. The molecular weight excluding hydrogens is 483 g/mol. The third-order valence-electron chi connectivity index (χ3n) is 7.03. The Labute approximate surface area is 215 Å². The summed E-state index contributed by atoms with van der Waals surface area (Å²) in [6.07, 6.45) is 3.64. The third-order valence-corrected chi connectivity index (χ3v) is 7.03. The number of fused-ring (bicyclic) bond motifs is 1. The molecule has 0 radical (unpaired) electrons. The molecule has 1 aliphatic carbocycles. The number of imidazole rings is 1. The molecule has 37 heavy (non-hydrogen) atoms. The number of halogens is 1. The predicted octanol–water partition coefficient (Wildman–Crippen LogP) is 3.55. The predicted molar refractivity (Wildman–Crippen MR) is 134 cm³/mol. The van der Waals surface area contributed by atoms with Crippen LogP contribution < -0.4 is 11.1 Å². The summed E-state index contributed by atoms with van der Waals surface area (Å²) in [4.78, 5) is 37.8. The molecule has 11 nitrogen and oxygen atoms in total. The number of ether oxygens (including phenoxy) is 3. The van der Waals surface area contributed by atoms with Crippen LogP contribution in [0.1, 0.15) is 71.9 Å². The number of nitrogens with zero attached hydrogens (tertiary/aromatic N) is 4. The van der Waals surface area contributed by atoms with Crippen LogP contribution in [0.15, 0.2) is 6.33 Å². The second kappa shape index (κ2) is 11.2. The van der Waals surface area contributed by atoms with Gasteiger partial charge in [0.1, 0.15) is 12.7 Å². The highest BCUT2D eigenvalue weighted by molar-refractivity contribution is 5.84. The van der Waals surface area contributed by atoms with Gasteiger partial charge >= 0.3 is 11.9 Å². The number of alkyl halides is 1. The Bertz CT molecular complexity index is 1120. The van der Waals surface area contributed by atoms with Gasteiger partial charge < -0.3 is 25.3 Å². The largest absolute Gasteiger partial charge is 0.463 e. The molecule has 0 amide bonds. The van der Waals surface area contributed by atoms with Crippen molar-refractivity contribution in [3.63, 3.8) is 0 Å². The van der Waals surface area contributed by atoms with Crippen LogP contribution in [0.25, 0.3) is 11.2 Å². The lowest BCUT2D eigenvalue weighted by Crippen LogP contribution is -2.44. The Morgan fingerprint density at radius 2 is 2.00 bits per heavy atom. The zero-order chi connectivity index (χ0) is 26.7. The molecule has 1 saturated heterocycles. The van der Waals surface area contributed by atoms with E-state index in [2.05, 4.69) is 20.3 Å². The van der Waals surface area contributed by atoms with Crippen molar-refractivity contribution in [2.75, 3.05) is 24.7 Å². The number of hydrogen-bond donors (Lipinski definition) is 2. The smallest absolute Gasteiger partial charge is 0.306 e. The van der Waals surface area contributed by atoms with E-state index in [1.54, 1.807) is 7.05 Å². The van der Waals surface area contributed by atoms with Crippen molar-refractivity contribution in [2.24, 2.45) is 11.8 Å². The van der Waals surface area contributed by atoms with Crippen LogP contribution >= 0.6 is 0 Å². The summed E-state index contributed by atoms with van der Waals surface area (Å²) in [6, 6.07) is 0. The first-order valence-electron chi connectivity index (χ1n) is 13.0. The van der Waals surface area contributed by atoms with E-state index in [1.165, 1.54) is 24.2 Å². The minimum Gasteiger partial charge on any atom is -0.463 e. The van der Waals surface area contributed by atoms with Crippen LogP contribution in [0.2, 0.25) is 0 Å². The number of rotatable bonds is 9. The first-order chi connectivity index (χ1) is 17.6. The maximum absolute atomic E-state index is 16.5. The van der Waals surface area contributed by atoms with Gasteiger partial charge in [0.05, 0.1) is 6.33 Å². The monoisotopic (exact) mass is 520 g/mol. The molecule has 0 bridgehead atoms. The first-order valence-corrected chi connectivity index (χ1v) is 13.0. The number of aromatic nitrogens is 4. The summed E-state index contributed by atoms with van der Waals surface area (Å²) in [5, 5.41) is 2.90. The number of hydrogen-bond acceptors (Lipinski definition) is 10. The van der Waals surface area contributed by atoms with Gasteiger partial charge in [-0.05, 0) is 31.6 Å². The normalized spacial score (nSPS) is 26.5. The quantitative estimate of drug-likeness (QED) is 0.471. The van der Waals surface area contributed by atoms with E-state index >= 15 is 4.39 Å². The average molecular weight is 521 g/mol. The molecule has 3 heterocycles. The van der Waals surface area contributed by atoms with Gasteiger partial charge in [-0.15, -0.1) is 0 Å². The van der Waals surface area contributed by atoms with Gasteiger partial charge in [-0.1, -0.05) is 33.1 Å². The Morgan fingerprint density at radius 3 is 2.68 bits per heavy atom. The number of nitrogens with one attached hydrogen (secondary N) is 1. The maximum atomic E-state index is 16.5. The van der Waals surface area contributed by atoms with Crippen LogP contribution in [0, 0.1) is 11.8 Å². The zero-order valence-corrected chi connectivity index (χ0v) is 21.9. The molecule has 2 aromatic heterocycles. The molecular formula is C25H37FN6O5. The van der Waals surface area contributed by atoms with E-state index in [1.807, 2.05) is 13.8 Å². The van der Waals surface area contributed by atoms with E-state index in [9.17, 15) is 9.59 Å². The molecule has 1 saturated carbocycles. The molecule has 2 aliphatic rings. The fourth-order valence-electron chi connectivity index (χ4n) is 5.19. The lowest BCUT2D eigenvalue weighted by atomic mass is 9.87. The molecule has 3 N–H and O–H groups in total. The highest BCUT2D eigenvalue weighted by atomic mass is 19.1. The number of nitrogens with two attached hydrogens (primary N) is 1. The highest BCUT2D eigenvalue weighted by Gasteiger charge is 2.58. The number of carbonyl (C=O) groups is 2. The molecule has 12 heteroatoms. The van der Waals surface area contributed by atoms with Crippen LogP contribution in [-0.2, 0) is 23.8 Å². The second-order valence-electron chi connectivity index (χ2n) is 10.6. The van der Waals surface area contributed by atoms with Crippen molar-refractivity contribution in [1.29, 1.82) is 0 Å². The lowest BCUT2D eigenvalue weighted by molar-refractivity contribution is -0.162. The van der Waals surface area contributed by atoms with Crippen molar-refractivity contribution >= 4 is 34.9 Å².